The van der Waals surface area contributed by atoms with E-state index in [1.165, 1.54) is 0 Å². The van der Waals surface area contributed by atoms with Crippen LogP contribution in [0.2, 0.25) is 5.02 Å². The molecule has 0 aliphatic heterocycles. The number of amides is 1. The molecule has 122 valence electrons. The third-order valence-electron chi connectivity index (χ3n) is 3.08. The number of para-hydroxylation sites is 1. The number of aryl methyl sites for hydroxylation is 2. The predicted octanol–water partition coefficient (Wildman–Crippen LogP) is 3.53. The van der Waals surface area contributed by atoms with Gasteiger partial charge in [-0.15, -0.1) is 0 Å². The molecule has 0 heterocycles. The van der Waals surface area contributed by atoms with Crippen LogP contribution in [-0.4, -0.2) is 25.7 Å². The molecule has 1 amide bonds. The number of nitrogens with one attached hydrogen (secondary N) is 1. The van der Waals surface area contributed by atoms with Gasteiger partial charge in [0.05, 0.1) is 11.6 Å². The second-order valence-electron chi connectivity index (χ2n) is 5.24. The molecule has 0 aliphatic rings. The Bertz CT molecular complexity index is 653. The summed E-state index contributed by atoms with van der Waals surface area (Å²) in [6, 6.07) is 13.1. The largest absolute Gasteiger partial charge is 0.490 e. The van der Waals surface area contributed by atoms with Gasteiger partial charge in [0.25, 0.3) is 5.91 Å². The van der Waals surface area contributed by atoms with Crippen LogP contribution in [-0.2, 0) is 4.79 Å². The van der Waals surface area contributed by atoms with Gasteiger partial charge in [0.2, 0.25) is 0 Å². The van der Waals surface area contributed by atoms with Crippen LogP contribution in [0.15, 0.2) is 42.5 Å². The van der Waals surface area contributed by atoms with Crippen LogP contribution in [0.3, 0.4) is 0 Å². The molecule has 2 rings (SSSR count). The number of ether oxygens (including phenoxy) is 2. The fourth-order valence-electron chi connectivity index (χ4n) is 2.13. The first-order chi connectivity index (χ1) is 11.0. The zero-order valence-electron chi connectivity index (χ0n) is 13.3. The lowest BCUT2D eigenvalue weighted by atomic mass is 10.1. The van der Waals surface area contributed by atoms with E-state index in [1.807, 2.05) is 38.1 Å². The molecule has 4 nitrogen and oxygen atoms in total. The first kappa shape index (κ1) is 17.2. The maximum atomic E-state index is 11.7. The van der Waals surface area contributed by atoms with Gasteiger partial charge in [0.15, 0.2) is 6.61 Å². The molecule has 5 heteroatoms. The van der Waals surface area contributed by atoms with Crippen LogP contribution in [0, 0.1) is 13.8 Å². The Morgan fingerprint density at radius 3 is 2.48 bits per heavy atom. The van der Waals surface area contributed by atoms with Crippen molar-refractivity contribution >= 4 is 17.5 Å². The number of benzene rings is 2. The highest BCUT2D eigenvalue weighted by Gasteiger charge is 2.04. The molecule has 0 spiro atoms. The quantitative estimate of drug-likeness (QED) is 0.788. The maximum absolute atomic E-state index is 11.7. The highest BCUT2D eigenvalue weighted by Crippen LogP contribution is 2.22. The van der Waals surface area contributed by atoms with Gasteiger partial charge in [0, 0.05) is 0 Å². The molecule has 0 aliphatic carbocycles. The molecule has 2 aromatic carbocycles. The average Bonchev–Trinajstić information content (AvgIpc) is 2.50. The Morgan fingerprint density at radius 2 is 1.78 bits per heavy atom. The summed E-state index contributed by atoms with van der Waals surface area (Å²) in [6.07, 6.45) is 0. The SMILES string of the molecule is Cc1cc(C)cc(OCC(=O)NCCOc2ccccc2Cl)c1. The fourth-order valence-corrected chi connectivity index (χ4v) is 2.32. The highest BCUT2D eigenvalue weighted by atomic mass is 35.5. The second kappa shape index (κ2) is 8.44. The van der Waals surface area contributed by atoms with E-state index in [4.69, 9.17) is 21.1 Å². The molecule has 0 radical (unpaired) electrons. The summed E-state index contributed by atoms with van der Waals surface area (Å²) < 4.78 is 11.0. The van der Waals surface area contributed by atoms with Crippen LogP contribution in [0.1, 0.15) is 11.1 Å². The minimum atomic E-state index is -0.188. The number of carbonyl (C=O) groups excluding carboxylic acids is 1. The normalized spacial score (nSPS) is 10.2. The van der Waals surface area contributed by atoms with Gasteiger partial charge in [-0.1, -0.05) is 29.8 Å². The van der Waals surface area contributed by atoms with E-state index >= 15 is 0 Å². The molecule has 0 atom stereocenters. The molecule has 0 fully saturated rings. The standard InChI is InChI=1S/C18H20ClNO3/c1-13-9-14(2)11-15(10-13)23-12-18(21)20-7-8-22-17-6-4-3-5-16(17)19/h3-6,9-11H,7-8,12H2,1-2H3,(H,20,21). The molecule has 0 saturated heterocycles. The molecule has 0 bridgehead atoms. The summed E-state index contributed by atoms with van der Waals surface area (Å²) in [4.78, 5) is 11.7. The second-order valence-corrected chi connectivity index (χ2v) is 5.65. The van der Waals surface area contributed by atoms with Crippen molar-refractivity contribution < 1.29 is 14.3 Å². The van der Waals surface area contributed by atoms with Crippen molar-refractivity contribution in [3.8, 4) is 11.5 Å². The Balaban J connectivity index is 1.68. The average molecular weight is 334 g/mol. The molecular formula is C18H20ClNO3. The van der Waals surface area contributed by atoms with Gasteiger partial charge in [0.1, 0.15) is 18.1 Å². The van der Waals surface area contributed by atoms with Crippen LogP contribution in [0.25, 0.3) is 0 Å². The smallest absolute Gasteiger partial charge is 0.258 e. The van der Waals surface area contributed by atoms with E-state index in [2.05, 4.69) is 11.4 Å². The summed E-state index contributed by atoms with van der Waals surface area (Å²) in [5, 5.41) is 3.29. The first-order valence-electron chi connectivity index (χ1n) is 7.40. The van der Waals surface area contributed by atoms with Gasteiger partial charge in [-0.2, -0.15) is 0 Å². The molecular weight excluding hydrogens is 314 g/mol. The van der Waals surface area contributed by atoms with Crippen molar-refractivity contribution in [1.29, 1.82) is 0 Å². The van der Waals surface area contributed by atoms with Crippen molar-refractivity contribution in [3.05, 3.63) is 58.6 Å². The minimum Gasteiger partial charge on any atom is -0.490 e. The predicted molar refractivity (Wildman–Crippen MR) is 91.4 cm³/mol. The molecule has 0 aromatic heterocycles. The zero-order chi connectivity index (χ0) is 16.7. The summed E-state index contributed by atoms with van der Waals surface area (Å²) in [7, 11) is 0. The van der Waals surface area contributed by atoms with Gasteiger partial charge < -0.3 is 14.8 Å². The Kier molecular flexibility index (Phi) is 6.29. The van der Waals surface area contributed by atoms with Crippen molar-refractivity contribution in [2.45, 2.75) is 13.8 Å². The van der Waals surface area contributed by atoms with Crippen LogP contribution >= 0.6 is 11.6 Å². The molecule has 2 aromatic rings. The van der Waals surface area contributed by atoms with Crippen molar-refractivity contribution in [2.24, 2.45) is 0 Å². The summed E-state index contributed by atoms with van der Waals surface area (Å²) in [5.41, 5.74) is 2.21. The molecule has 1 N–H and O–H groups in total. The number of rotatable bonds is 7. The minimum absolute atomic E-state index is 0.0189. The number of hydrogen-bond acceptors (Lipinski definition) is 3. The Morgan fingerprint density at radius 1 is 1.09 bits per heavy atom. The Hall–Kier alpha value is -2.20. The van der Waals surface area contributed by atoms with Gasteiger partial charge >= 0.3 is 0 Å². The first-order valence-corrected chi connectivity index (χ1v) is 7.77. The Labute approximate surface area is 141 Å². The summed E-state index contributed by atoms with van der Waals surface area (Å²) in [5.74, 6) is 1.12. The number of hydrogen-bond donors (Lipinski definition) is 1. The molecule has 0 saturated carbocycles. The van der Waals surface area contributed by atoms with E-state index in [0.29, 0.717) is 29.7 Å². The van der Waals surface area contributed by atoms with E-state index in [-0.39, 0.29) is 12.5 Å². The topological polar surface area (TPSA) is 47.6 Å². The van der Waals surface area contributed by atoms with Crippen LogP contribution in [0.4, 0.5) is 0 Å². The maximum Gasteiger partial charge on any atom is 0.258 e. The van der Waals surface area contributed by atoms with Gasteiger partial charge in [-0.3, -0.25) is 4.79 Å². The third-order valence-corrected chi connectivity index (χ3v) is 3.40. The highest BCUT2D eigenvalue weighted by molar-refractivity contribution is 6.32. The van der Waals surface area contributed by atoms with Crippen molar-refractivity contribution in [1.82, 2.24) is 5.32 Å². The van der Waals surface area contributed by atoms with E-state index < -0.39 is 0 Å². The van der Waals surface area contributed by atoms with Crippen LogP contribution in [0.5, 0.6) is 11.5 Å². The number of halogens is 1. The van der Waals surface area contributed by atoms with Crippen LogP contribution < -0.4 is 14.8 Å². The third kappa shape index (κ3) is 5.83. The van der Waals surface area contributed by atoms with Crippen molar-refractivity contribution in [2.75, 3.05) is 19.8 Å². The molecule has 0 unspecified atom stereocenters. The van der Waals surface area contributed by atoms with Gasteiger partial charge in [-0.25, -0.2) is 0 Å². The number of carbonyl (C=O) groups is 1. The van der Waals surface area contributed by atoms with Crippen molar-refractivity contribution in [3.63, 3.8) is 0 Å². The van der Waals surface area contributed by atoms with E-state index in [0.717, 1.165) is 11.1 Å². The lowest BCUT2D eigenvalue weighted by Gasteiger charge is -2.10. The monoisotopic (exact) mass is 333 g/mol. The van der Waals surface area contributed by atoms with E-state index in [9.17, 15) is 4.79 Å². The lowest BCUT2D eigenvalue weighted by molar-refractivity contribution is -0.123. The molecule has 23 heavy (non-hydrogen) atoms. The van der Waals surface area contributed by atoms with Gasteiger partial charge in [-0.05, 0) is 49.2 Å². The zero-order valence-corrected chi connectivity index (χ0v) is 14.0. The van der Waals surface area contributed by atoms with E-state index in [1.54, 1.807) is 12.1 Å². The lowest BCUT2D eigenvalue weighted by Crippen LogP contribution is -2.32. The summed E-state index contributed by atoms with van der Waals surface area (Å²) >= 11 is 5.98. The fraction of sp³-hybridized carbons (Fsp3) is 0.278. The summed E-state index contributed by atoms with van der Waals surface area (Å²) in [6.45, 7) is 4.70.